The Morgan fingerprint density at radius 3 is 2.70 bits per heavy atom. The minimum atomic E-state index is -0.315. The van der Waals surface area contributed by atoms with Crippen LogP contribution in [0.5, 0.6) is 5.75 Å². The topological polar surface area (TPSA) is 57.6 Å². The van der Waals surface area contributed by atoms with Crippen molar-refractivity contribution in [2.45, 2.75) is 19.8 Å². The van der Waals surface area contributed by atoms with Crippen LogP contribution in [-0.2, 0) is 9.59 Å². The first-order chi connectivity index (χ1) is 9.49. The number of phenols is 1. The summed E-state index contributed by atoms with van der Waals surface area (Å²) in [7, 11) is 0. The molecule has 104 valence electrons. The predicted molar refractivity (Wildman–Crippen MR) is 75.6 cm³/mol. The van der Waals surface area contributed by atoms with E-state index in [1.54, 1.807) is 0 Å². The molecule has 2 aliphatic rings. The number of carbonyl (C=O) groups excluding carboxylic acids is 2. The van der Waals surface area contributed by atoms with Crippen LogP contribution >= 0.6 is 11.6 Å². The standard InChI is InChI=1S/C15H14ClNO3/c1-8-2-4-10-11(6-8)15(20)17(14(10)19)12-7-9(16)3-5-13(12)18/h2-3,5,7,10-11,18H,4,6H2,1H3/t10-,11-/m1/s1. The molecule has 0 saturated carbocycles. The van der Waals surface area contributed by atoms with Crippen LogP contribution in [0, 0.1) is 11.8 Å². The lowest BCUT2D eigenvalue weighted by atomic mass is 9.82. The van der Waals surface area contributed by atoms with Crippen molar-refractivity contribution >= 4 is 29.1 Å². The average Bonchev–Trinajstić information content (AvgIpc) is 2.65. The number of hydrogen-bond acceptors (Lipinski definition) is 3. The van der Waals surface area contributed by atoms with Crippen molar-refractivity contribution in [1.29, 1.82) is 0 Å². The van der Waals surface area contributed by atoms with Gasteiger partial charge in [-0.2, -0.15) is 0 Å². The van der Waals surface area contributed by atoms with Gasteiger partial charge in [0, 0.05) is 5.02 Å². The van der Waals surface area contributed by atoms with Crippen LogP contribution in [0.2, 0.25) is 5.02 Å². The molecule has 0 spiro atoms. The van der Waals surface area contributed by atoms with Crippen LogP contribution < -0.4 is 4.90 Å². The highest BCUT2D eigenvalue weighted by atomic mass is 35.5. The van der Waals surface area contributed by atoms with Crippen molar-refractivity contribution in [2.24, 2.45) is 11.8 Å². The van der Waals surface area contributed by atoms with Gasteiger partial charge in [-0.15, -0.1) is 0 Å². The summed E-state index contributed by atoms with van der Waals surface area (Å²) in [5, 5.41) is 10.3. The molecular formula is C15H14ClNO3. The van der Waals surface area contributed by atoms with Crippen LogP contribution in [0.1, 0.15) is 19.8 Å². The van der Waals surface area contributed by atoms with E-state index in [2.05, 4.69) is 0 Å². The maximum atomic E-state index is 12.5. The number of hydrogen-bond donors (Lipinski definition) is 1. The summed E-state index contributed by atoms with van der Waals surface area (Å²) in [5.41, 5.74) is 1.31. The van der Waals surface area contributed by atoms with E-state index < -0.39 is 0 Å². The fraction of sp³-hybridized carbons (Fsp3) is 0.333. The summed E-state index contributed by atoms with van der Waals surface area (Å²) < 4.78 is 0. The molecule has 1 fully saturated rings. The highest BCUT2D eigenvalue weighted by Gasteiger charge is 2.49. The molecule has 1 N–H and O–H groups in total. The second kappa shape index (κ2) is 4.63. The van der Waals surface area contributed by atoms with E-state index >= 15 is 0 Å². The molecule has 0 unspecified atom stereocenters. The van der Waals surface area contributed by atoms with Gasteiger partial charge >= 0.3 is 0 Å². The third kappa shape index (κ3) is 1.91. The van der Waals surface area contributed by atoms with E-state index in [0.29, 0.717) is 17.9 Å². The smallest absolute Gasteiger partial charge is 0.238 e. The summed E-state index contributed by atoms with van der Waals surface area (Å²) in [6, 6.07) is 4.36. The van der Waals surface area contributed by atoms with Gasteiger partial charge in [-0.05, 0) is 38.0 Å². The van der Waals surface area contributed by atoms with Crippen molar-refractivity contribution in [2.75, 3.05) is 4.90 Å². The second-order valence-electron chi connectivity index (χ2n) is 5.35. The minimum absolute atomic E-state index is 0.112. The second-order valence-corrected chi connectivity index (χ2v) is 5.78. The van der Waals surface area contributed by atoms with Gasteiger partial charge < -0.3 is 5.11 Å². The number of carbonyl (C=O) groups is 2. The van der Waals surface area contributed by atoms with E-state index in [1.165, 1.54) is 18.2 Å². The Hall–Kier alpha value is -1.81. The number of anilines is 1. The molecule has 1 aromatic rings. The molecule has 2 amide bonds. The molecular weight excluding hydrogens is 278 g/mol. The van der Waals surface area contributed by atoms with Crippen molar-refractivity contribution in [3.8, 4) is 5.75 Å². The number of aromatic hydroxyl groups is 1. The first-order valence-corrected chi connectivity index (χ1v) is 6.89. The van der Waals surface area contributed by atoms with Gasteiger partial charge in [0.15, 0.2) is 0 Å². The summed E-state index contributed by atoms with van der Waals surface area (Å²) in [5.74, 6) is -1.23. The number of nitrogens with zero attached hydrogens (tertiary/aromatic N) is 1. The Labute approximate surface area is 121 Å². The van der Waals surface area contributed by atoms with E-state index in [9.17, 15) is 14.7 Å². The number of allylic oxidation sites excluding steroid dienone is 2. The molecule has 5 heteroatoms. The Balaban J connectivity index is 2.02. The average molecular weight is 292 g/mol. The van der Waals surface area contributed by atoms with Crippen molar-refractivity contribution in [1.82, 2.24) is 0 Å². The lowest BCUT2D eigenvalue weighted by Crippen LogP contribution is -2.30. The van der Waals surface area contributed by atoms with E-state index in [-0.39, 0.29) is 35.1 Å². The number of phenolic OH excluding ortho intramolecular Hbond substituents is 1. The fourth-order valence-corrected chi connectivity index (χ4v) is 3.12. The molecule has 1 aliphatic heterocycles. The van der Waals surface area contributed by atoms with E-state index in [4.69, 9.17) is 11.6 Å². The predicted octanol–water partition coefficient (Wildman–Crippen LogP) is 2.89. The molecule has 0 radical (unpaired) electrons. The molecule has 1 aromatic carbocycles. The van der Waals surface area contributed by atoms with Gasteiger partial charge in [-0.25, -0.2) is 4.90 Å². The van der Waals surface area contributed by atoms with E-state index in [1.807, 2.05) is 13.0 Å². The van der Waals surface area contributed by atoms with Crippen molar-refractivity contribution in [3.63, 3.8) is 0 Å². The van der Waals surface area contributed by atoms with Gasteiger partial charge in [0.1, 0.15) is 5.75 Å². The van der Waals surface area contributed by atoms with Crippen LogP contribution in [-0.4, -0.2) is 16.9 Å². The van der Waals surface area contributed by atoms with Crippen LogP contribution in [0.25, 0.3) is 0 Å². The van der Waals surface area contributed by atoms with Gasteiger partial charge in [0.2, 0.25) is 11.8 Å². The largest absolute Gasteiger partial charge is 0.506 e. The Bertz CT molecular complexity index is 638. The number of halogens is 1. The van der Waals surface area contributed by atoms with Crippen LogP contribution in [0.3, 0.4) is 0 Å². The number of amides is 2. The van der Waals surface area contributed by atoms with Crippen molar-refractivity contribution in [3.05, 3.63) is 34.9 Å². The minimum Gasteiger partial charge on any atom is -0.506 e. The Morgan fingerprint density at radius 2 is 1.95 bits per heavy atom. The summed E-state index contributed by atoms with van der Waals surface area (Å²) >= 11 is 5.90. The number of benzene rings is 1. The molecule has 20 heavy (non-hydrogen) atoms. The maximum absolute atomic E-state index is 12.5. The fourth-order valence-electron chi connectivity index (χ4n) is 2.95. The third-order valence-electron chi connectivity index (χ3n) is 4.00. The summed E-state index contributed by atoms with van der Waals surface area (Å²) in [4.78, 5) is 26.0. The maximum Gasteiger partial charge on any atom is 0.238 e. The third-order valence-corrected chi connectivity index (χ3v) is 4.24. The molecule has 1 aliphatic carbocycles. The zero-order chi connectivity index (χ0) is 14.4. The Morgan fingerprint density at radius 1 is 1.25 bits per heavy atom. The number of fused-ring (bicyclic) bond motifs is 1. The first-order valence-electron chi connectivity index (χ1n) is 6.51. The zero-order valence-electron chi connectivity index (χ0n) is 11.0. The van der Waals surface area contributed by atoms with Crippen LogP contribution in [0.15, 0.2) is 29.8 Å². The number of imide groups is 1. The molecule has 1 heterocycles. The van der Waals surface area contributed by atoms with Crippen molar-refractivity contribution < 1.29 is 14.7 Å². The molecule has 0 aromatic heterocycles. The van der Waals surface area contributed by atoms with Gasteiger partial charge in [0.25, 0.3) is 0 Å². The van der Waals surface area contributed by atoms with Gasteiger partial charge in [0.05, 0.1) is 17.5 Å². The van der Waals surface area contributed by atoms with E-state index in [0.717, 1.165) is 10.5 Å². The highest BCUT2D eigenvalue weighted by Crippen LogP contribution is 2.42. The molecule has 1 saturated heterocycles. The van der Waals surface area contributed by atoms with Gasteiger partial charge in [-0.1, -0.05) is 23.3 Å². The normalized spacial score (nSPS) is 25.7. The molecule has 0 bridgehead atoms. The lowest BCUT2D eigenvalue weighted by molar-refractivity contribution is -0.122. The Kier molecular flexibility index (Phi) is 3.05. The summed E-state index contributed by atoms with van der Waals surface area (Å²) in [6.07, 6.45) is 3.19. The van der Waals surface area contributed by atoms with Crippen LogP contribution in [0.4, 0.5) is 5.69 Å². The molecule has 4 nitrogen and oxygen atoms in total. The lowest BCUT2D eigenvalue weighted by Gasteiger charge is -2.18. The zero-order valence-corrected chi connectivity index (χ0v) is 11.7. The number of rotatable bonds is 1. The highest BCUT2D eigenvalue weighted by molar-refractivity contribution is 6.31. The molecule has 2 atom stereocenters. The van der Waals surface area contributed by atoms with Gasteiger partial charge in [-0.3, -0.25) is 9.59 Å². The summed E-state index contributed by atoms with van der Waals surface area (Å²) in [6.45, 7) is 1.97. The quantitative estimate of drug-likeness (QED) is 0.639. The first kappa shape index (κ1) is 13.2. The monoisotopic (exact) mass is 291 g/mol. The molecule has 3 rings (SSSR count). The SMILES string of the molecule is CC1=CC[C@H]2C(=O)N(c3cc(Cl)ccc3O)C(=O)[C@@H]2C1.